The van der Waals surface area contributed by atoms with Crippen LogP contribution >= 0.6 is 69.6 Å². The molecule has 10 heteroatoms. The summed E-state index contributed by atoms with van der Waals surface area (Å²) < 4.78 is -3.86. The number of alkyl halides is 6. The first kappa shape index (κ1) is 20.7. The van der Waals surface area contributed by atoms with Gasteiger partial charge in [-0.2, -0.15) is 0 Å². The summed E-state index contributed by atoms with van der Waals surface area (Å²) in [7, 11) is 0. The number of carbonyl (C=O) groups excluding carboxylic acids is 2. The van der Waals surface area contributed by atoms with Crippen molar-refractivity contribution in [1.82, 2.24) is 10.6 Å². The molecule has 0 saturated heterocycles. The maximum atomic E-state index is 11.2. The number of carbonyl (C=O) groups is 2. The van der Waals surface area contributed by atoms with E-state index in [1.807, 2.05) is 0 Å². The Kier molecular flexibility index (Phi) is 9.98. The molecule has 0 aliphatic heterocycles. The highest BCUT2D eigenvalue weighted by Crippen LogP contribution is 2.26. The zero-order valence-corrected chi connectivity index (χ0v) is 14.9. The molecule has 0 saturated carbocycles. The summed E-state index contributed by atoms with van der Waals surface area (Å²) >= 11 is 32.3. The van der Waals surface area contributed by atoms with E-state index in [4.69, 9.17) is 69.6 Å². The van der Waals surface area contributed by atoms with Crippen molar-refractivity contribution < 1.29 is 9.59 Å². The maximum Gasteiger partial charge on any atom is 0.272 e. The van der Waals surface area contributed by atoms with Crippen molar-refractivity contribution >= 4 is 81.4 Å². The number of amides is 2. The Hall–Kier alpha value is 0.680. The van der Waals surface area contributed by atoms with E-state index in [9.17, 15) is 9.59 Å². The molecule has 2 amide bonds. The zero-order valence-electron chi connectivity index (χ0n) is 10.3. The molecule has 0 unspecified atom stereocenters. The molecule has 0 bridgehead atoms. The Bertz CT molecular complexity index is 295. The van der Waals surface area contributed by atoms with E-state index in [-0.39, 0.29) is 0 Å². The van der Waals surface area contributed by atoms with E-state index in [1.54, 1.807) is 0 Å². The summed E-state index contributed by atoms with van der Waals surface area (Å²) in [4.78, 5) is 22.4. The molecule has 0 aromatic rings. The van der Waals surface area contributed by atoms with Crippen molar-refractivity contribution in [1.29, 1.82) is 0 Å². The maximum absolute atomic E-state index is 11.2. The van der Waals surface area contributed by atoms with Crippen molar-refractivity contribution in [2.75, 3.05) is 13.1 Å². The van der Waals surface area contributed by atoms with Gasteiger partial charge >= 0.3 is 0 Å². The predicted octanol–water partition coefficient (Wildman–Crippen LogP) is 3.52. The number of unbranched alkanes of at least 4 members (excludes halogenated alkanes) is 3. The topological polar surface area (TPSA) is 58.2 Å². The van der Waals surface area contributed by atoms with Crippen LogP contribution in [0.1, 0.15) is 25.7 Å². The summed E-state index contributed by atoms with van der Waals surface area (Å²) in [6.07, 6.45) is 3.18. The molecule has 0 aliphatic carbocycles. The fourth-order valence-corrected chi connectivity index (χ4v) is 1.61. The Morgan fingerprint density at radius 2 is 0.950 bits per heavy atom. The second-order valence-corrected chi connectivity index (χ2v) is 8.48. The van der Waals surface area contributed by atoms with E-state index in [1.165, 1.54) is 0 Å². The van der Waals surface area contributed by atoms with E-state index in [0.717, 1.165) is 25.7 Å². The molecule has 0 aromatic carbocycles. The second-order valence-electron chi connectivity index (χ2n) is 3.92. The van der Waals surface area contributed by atoms with Gasteiger partial charge in [-0.05, 0) is 12.8 Å². The summed E-state index contributed by atoms with van der Waals surface area (Å²) in [6.45, 7) is 0.848. The third-order valence-corrected chi connectivity index (χ3v) is 3.22. The molecule has 0 radical (unpaired) electrons. The minimum absolute atomic E-state index is 0.424. The molecule has 4 nitrogen and oxygen atoms in total. The minimum Gasteiger partial charge on any atom is -0.352 e. The van der Waals surface area contributed by atoms with Gasteiger partial charge in [0.05, 0.1) is 0 Å². The average molecular weight is 407 g/mol. The summed E-state index contributed by atoms with van der Waals surface area (Å²) in [5, 5.41) is 4.99. The van der Waals surface area contributed by atoms with Gasteiger partial charge in [0.15, 0.2) is 0 Å². The second kappa shape index (κ2) is 9.65. The van der Waals surface area contributed by atoms with Gasteiger partial charge < -0.3 is 10.6 Å². The molecule has 20 heavy (non-hydrogen) atoms. The lowest BCUT2D eigenvalue weighted by molar-refractivity contribution is -0.121. The third-order valence-electron chi connectivity index (χ3n) is 2.19. The summed E-state index contributed by atoms with van der Waals surface area (Å²) in [5.74, 6) is -1.28. The summed E-state index contributed by atoms with van der Waals surface area (Å²) in [6, 6.07) is 0. The normalized spacial score (nSPS) is 12.1. The van der Waals surface area contributed by atoms with Crippen LogP contribution in [0.2, 0.25) is 0 Å². The van der Waals surface area contributed by atoms with E-state index >= 15 is 0 Å². The smallest absolute Gasteiger partial charge is 0.272 e. The Labute approximate surface area is 147 Å². The van der Waals surface area contributed by atoms with Crippen molar-refractivity contribution in [3.05, 3.63) is 0 Å². The van der Waals surface area contributed by atoms with E-state index in [0.29, 0.717) is 13.1 Å². The van der Waals surface area contributed by atoms with Gasteiger partial charge in [0.25, 0.3) is 19.4 Å². The van der Waals surface area contributed by atoms with Gasteiger partial charge in [0.1, 0.15) is 0 Å². The molecule has 0 atom stereocenters. The number of hydrogen-bond donors (Lipinski definition) is 2. The molecule has 0 rings (SSSR count). The van der Waals surface area contributed by atoms with Gasteiger partial charge in [-0.1, -0.05) is 82.4 Å². The van der Waals surface area contributed by atoms with Crippen LogP contribution in [-0.4, -0.2) is 32.5 Å². The van der Waals surface area contributed by atoms with Crippen LogP contribution in [0.15, 0.2) is 0 Å². The van der Waals surface area contributed by atoms with Gasteiger partial charge in [-0.15, -0.1) is 0 Å². The lowest BCUT2D eigenvalue weighted by Crippen LogP contribution is -2.35. The van der Waals surface area contributed by atoms with E-state index in [2.05, 4.69) is 10.6 Å². The summed E-state index contributed by atoms with van der Waals surface area (Å²) in [5.41, 5.74) is 0. The Balaban J connectivity index is 3.47. The third kappa shape index (κ3) is 10.4. The fourth-order valence-electron chi connectivity index (χ4n) is 1.21. The highest BCUT2D eigenvalue weighted by atomic mass is 35.6. The van der Waals surface area contributed by atoms with Crippen LogP contribution in [0.3, 0.4) is 0 Å². The first-order chi connectivity index (χ1) is 9.05. The minimum atomic E-state index is -1.93. The largest absolute Gasteiger partial charge is 0.352 e. The molecule has 118 valence electrons. The SMILES string of the molecule is O=C(NCCCCCCNC(=O)C(Cl)(Cl)Cl)C(Cl)(Cl)Cl. The predicted molar refractivity (Wildman–Crippen MR) is 85.1 cm³/mol. The fraction of sp³-hybridized carbons (Fsp3) is 0.800. The van der Waals surface area contributed by atoms with Crippen LogP contribution in [0.25, 0.3) is 0 Å². The highest BCUT2D eigenvalue weighted by molar-refractivity contribution is 6.76. The molecular weight excluding hydrogens is 393 g/mol. The van der Waals surface area contributed by atoms with E-state index < -0.39 is 19.4 Å². The number of nitrogens with one attached hydrogen (secondary N) is 2. The highest BCUT2D eigenvalue weighted by Gasteiger charge is 2.30. The first-order valence-corrected chi connectivity index (χ1v) is 8.02. The molecule has 0 spiro atoms. The molecule has 0 fully saturated rings. The Morgan fingerprint density at radius 1 is 0.650 bits per heavy atom. The lowest BCUT2D eigenvalue weighted by Gasteiger charge is -2.12. The van der Waals surface area contributed by atoms with Gasteiger partial charge in [-0.25, -0.2) is 0 Å². The standard InChI is InChI=1S/C10H14Cl6N2O2/c11-9(12,13)7(19)17-5-3-1-2-4-6-18-8(20)10(14,15)16/h1-6H2,(H,17,19)(H,18,20). The van der Waals surface area contributed by atoms with Crippen LogP contribution in [0.4, 0.5) is 0 Å². The van der Waals surface area contributed by atoms with Crippen LogP contribution in [-0.2, 0) is 9.59 Å². The number of halogens is 6. The van der Waals surface area contributed by atoms with Crippen molar-refractivity contribution in [3.63, 3.8) is 0 Å². The molecule has 0 aromatic heterocycles. The monoisotopic (exact) mass is 404 g/mol. The van der Waals surface area contributed by atoms with Crippen molar-refractivity contribution in [2.45, 2.75) is 33.3 Å². The molecule has 2 N–H and O–H groups in total. The molecule has 0 heterocycles. The van der Waals surface area contributed by atoms with Crippen LogP contribution < -0.4 is 10.6 Å². The van der Waals surface area contributed by atoms with Gasteiger partial charge in [0.2, 0.25) is 0 Å². The lowest BCUT2D eigenvalue weighted by atomic mass is 10.2. The zero-order chi connectivity index (χ0) is 15.8. The Morgan fingerprint density at radius 3 is 1.20 bits per heavy atom. The van der Waals surface area contributed by atoms with Crippen LogP contribution in [0, 0.1) is 0 Å². The van der Waals surface area contributed by atoms with Crippen LogP contribution in [0.5, 0.6) is 0 Å². The van der Waals surface area contributed by atoms with Gasteiger partial charge in [-0.3, -0.25) is 9.59 Å². The number of hydrogen-bond acceptors (Lipinski definition) is 2. The van der Waals surface area contributed by atoms with Crippen molar-refractivity contribution in [2.24, 2.45) is 0 Å². The number of rotatable bonds is 7. The molecule has 0 aliphatic rings. The quantitative estimate of drug-likeness (QED) is 0.502. The first-order valence-electron chi connectivity index (χ1n) is 5.75. The molecular formula is C10H14Cl6N2O2. The van der Waals surface area contributed by atoms with Gasteiger partial charge in [0, 0.05) is 13.1 Å². The average Bonchev–Trinajstić information content (AvgIpc) is 2.29. The van der Waals surface area contributed by atoms with Crippen molar-refractivity contribution in [3.8, 4) is 0 Å².